The summed E-state index contributed by atoms with van der Waals surface area (Å²) in [6, 6.07) is 3.43. The van der Waals surface area contributed by atoms with Crippen molar-refractivity contribution < 1.29 is 17.9 Å². The summed E-state index contributed by atoms with van der Waals surface area (Å²) in [7, 11) is 0. The highest BCUT2D eigenvalue weighted by atomic mass is 19.4. The van der Waals surface area contributed by atoms with Gasteiger partial charge in [0, 0.05) is 18.3 Å². The van der Waals surface area contributed by atoms with Gasteiger partial charge in [0.2, 0.25) is 5.88 Å². The SMILES string of the molecule is CCCNCc1cc(CC)nc(OCC(F)(F)F)c1. The van der Waals surface area contributed by atoms with E-state index >= 15 is 0 Å². The van der Waals surface area contributed by atoms with Gasteiger partial charge in [-0.25, -0.2) is 4.98 Å². The molecule has 1 rings (SSSR count). The summed E-state index contributed by atoms with van der Waals surface area (Å²) in [4.78, 5) is 4.03. The number of hydrogen-bond acceptors (Lipinski definition) is 3. The smallest absolute Gasteiger partial charge is 0.422 e. The normalized spacial score (nSPS) is 11.6. The van der Waals surface area contributed by atoms with Gasteiger partial charge in [-0.05, 0) is 31.0 Å². The first kappa shape index (κ1) is 15.8. The lowest BCUT2D eigenvalue weighted by molar-refractivity contribution is -0.154. The van der Waals surface area contributed by atoms with Gasteiger partial charge in [0.05, 0.1) is 0 Å². The Morgan fingerprint density at radius 2 is 2.00 bits per heavy atom. The van der Waals surface area contributed by atoms with E-state index in [0.717, 1.165) is 24.2 Å². The Kier molecular flexibility index (Phi) is 6.08. The lowest BCUT2D eigenvalue weighted by Gasteiger charge is -2.11. The fourth-order valence-corrected chi connectivity index (χ4v) is 1.54. The van der Waals surface area contributed by atoms with Crippen molar-refractivity contribution in [3.05, 3.63) is 23.4 Å². The molecule has 19 heavy (non-hydrogen) atoms. The summed E-state index contributed by atoms with van der Waals surface area (Å²) in [6.45, 7) is 4.11. The van der Waals surface area contributed by atoms with Gasteiger partial charge in [0.1, 0.15) is 0 Å². The molecule has 108 valence electrons. The Bertz CT molecular complexity index is 394. The van der Waals surface area contributed by atoms with Crippen LogP contribution in [0.3, 0.4) is 0 Å². The molecule has 0 bridgehead atoms. The second-order valence-electron chi connectivity index (χ2n) is 4.24. The summed E-state index contributed by atoms with van der Waals surface area (Å²) < 4.78 is 41.0. The fourth-order valence-electron chi connectivity index (χ4n) is 1.54. The zero-order chi connectivity index (χ0) is 14.3. The second kappa shape index (κ2) is 7.33. The van der Waals surface area contributed by atoms with E-state index in [4.69, 9.17) is 4.74 Å². The van der Waals surface area contributed by atoms with Crippen molar-refractivity contribution in [2.45, 2.75) is 39.4 Å². The molecule has 0 radical (unpaired) electrons. The third-order valence-electron chi connectivity index (χ3n) is 2.42. The maximum atomic E-state index is 12.1. The number of hydrogen-bond donors (Lipinski definition) is 1. The number of rotatable bonds is 7. The van der Waals surface area contributed by atoms with Crippen molar-refractivity contribution in [2.75, 3.05) is 13.2 Å². The van der Waals surface area contributed by atoms with Crippen molar-refractivity contribution in [3.63, 3.8) is 0 Å². The van der Waals surface area contributed by atoms with Crippen molar-refractivity contribution in [2.24, 2.45) is 0 Å². The number of ether oxygens (including phenoxy) is 1. The number of alkyl halides is 3. The predicted molar refractivity (Wildman–Crippen MR) is 67.2 cm³/mol. The Hall–Kier alpha value is -1.30. The molecule has 0 aliphatic heterocycles. The zero-order valence-electron chi connectivity index (χ0n) is 11.2. The van der Waals surface area contributed by atoms with Crippen LogP contribution in [-0.2, 0) is 13.0 Å². The molecule has 3 nitrogen and oxygen atoms in total. The van der Waals surface area contributed by atoms with Gasteiger partial charge in [0.15, 0.2) is 6.61 Å². The number of nitrogens with one attached hydrogen (secondary N) is 1. The van der Waals surface area contributed by atoms with Gasteiger partial charge < -0.3 is 10.1 Å². The Labute approximate surface area is 111 Å². The van der Waals surface area contributed by atoms with Gasteiger partial charge in [0.25, 0.3) is 0 Å². The van der Waals surface area contributed by atoms with Crippen molar-refractivity contribution >= 4 is 0 Å². The first-order valence-corrected chi connectivity index (χ1v) is 6.34. The fraction of sp³-hybridized carbons (Fsp3) is 0.615. The zero-order valence-corrected chi connectivity index (χ0v) is 11.2. The molecule has 0 atom stereocenters. The summed E-state index contributed by atoms with van der Waals surface area (Å²) in [5.74, 6) is 0.0324. The summed E-state index contributed by atoms with van der Waals surface area (Å²) in [5, 5.41) is 3.20. The molecule has 1 aromatic heterocycles. The highest BCUT2D eigenvalue weighted by Crippen LogP contribution is 2.19. The molecule has 1 heterocycles. The highest BCUT2D eigenvalue weighted by molar-refractivity contribution is 5.25. The molecule has 0 amide bonds. The average molecular weight is 276 g/mol. The number of pyridine rings is 1. The van der Waals surface area contributed by atoms with Gasteiger partial charge in [-0.2, -0.15) is 13.2 Å². The summed E-state index contributed by atoms with van der Waals surface area (Å²) in [5.41, 5.74) is 1.62. The van der Waals surface area contributed by atoms with E-state index in [1.165, 1.54) is 0 Å². The van der Waals surface area contributed by atoms with E-state index < -0.39 is 12.8 Å². The average Bonchev–Trinajstić information content (AvgIpc) is 2.36. The Morgan fingerprint density at radius 1 is 1.26 bits per heavy atom. The molecule has 1 aromatic rings. The molecule has 0 aliphatic carbocycles. The van der Waals surface area contributed by atoms with Crippen LogP contribution in [0.1, 0.15) is 31.5 Å². The quantitative estimate of drug-likeness (QED) is 0.777. The minimum absolute atomic E-state index is 0.0324. The molecule has 0 unspecified atom stereocenters. The lowest BCUT2D eigenvalue weighted by atomic mass is 10.2. The van der Waals surface area contributed by atoms with Crippen LogP contribution in [0.15, 0.2) is 12.1 Å². The molecule has 0 saturated heterocycles. The number of aryl methyl sites for hydroxylation is 1. The molecular weight excluding hydrogens is 257 g/mol. The summed E-state index contributed by atoms with van der Waals surface area (Å²) >= 11 is 0. The van der Waals surface area contributed by atoms with Gasteiger partial charge in [-0.15, -0.1) is 0 Å². The lowest BCUT2D eigenvalue weighted by Crippen LogP contribution is -2.20. The summed E-state index contributed by atoms with van der Waals surface area (Å²) in [6.07, 6.45) is -2.68. The van der Waals surface area contributed by atoms with Crippen LogP contribution in [0.5, 0.6) is 5.88 Å². The standard InChI is InChI=1S/C13H19F3N2O/c1-3-5-17-8-10-6-11(4-2)18-12(7-10)19-9-13(14,15)16/h6-7,17H,3-5,8-9H2,1-2H3. The van der Waals surface area contributed by atoms with E-state index in [1.54, 1.807) is 6.07 Å². The second-order valence-corrected chi connectivity index (χ2v) is 4.24. The number of nitrogens with zero attached hydrogens (tertiary/aromatic N) is 1. The molecule has 1 N–H and O–H groups in total. The van der Waals surface area contributed by atoms with Crippen LogP contribution in [0.4, 0.5) is 13.2 Å². The van der Waals surface area contributed by atoms with E-state index in [-0.39, 0.29) is 5.88 Å². The molecule has 0 fully saturated rings. The number of aromatic nitrogens is 1. The van der Waals surface area contributed by atoms with Crippen molar-refractivity contribution in [1.29, 1.82) is 0 Å². The maximum absolute atomic E-state index is 12.1. The molecule has 0 aromatic carbocycles. The molecule has 0 spiro atoms. The number of halogens is 3. The van der Waals surface area contributed by atoms with E-state index in [2.05, 4.69) is 17.2 Å². The predicted octanol–water partition coefficient (Wildman–Crippen LogP) is 3.08. The van der Waals surface area contributed by atoms with E-state index in [0.29, 0.717) is 13.0 Å². The van der Waals surface area contributed by atoms with Gasteiger partial charge >= 0.3 is 6.18 Å². The molecule has 6 heteroatoms. The van der Waals surface area contributed by atoms with E-state index in [1.807, 2.05) is 13.0 Å². The van der Waals surface area contributed by atoms with Crippen LogP contribution in [0.2, 0.25) is 0 Å². The van der Waals surface area contributed by atoms with Crippen LogP contribution < -0.4 is 10.1 Å². The highest BCUT2D eigenvalue weighted by Gasteiger charge is 2.28. The van der Waals surface area contributed by atoms with Gasteiger partial charge in [-0.1, -0.05) is 13.8 Å². The monoisotopic (exact) mass is 276 g/mol. The molecule has 0 saturated carbocycles. The first-order valence-electron chi connectivity index (χ1n) is 6.34. The maximum Gasteiger partial charge on any atom is 0.422 e. The van der Waals surface area contributed by atoms with Crippen LogP contribution in [0.25, 0.3) is 0 Å². The molecular formula is C13H19F3N2O. The largest absolute Gasteiger partial charge is 0.468 e. The molecule has 0 aliphatic rings. The third kappa shape index (κ3) is 6.42. The van der Waals surface area contributed by atoms with Crippen LogP contribution >= 0.6 is 0 Å². The Balaban J connectivity index is 2.71. The Morgan fingerprint density at radius 3 is 2.58 bits per heavy atom. The van der Waals surface area contributed by atoms with E-state index in [9.17, 15) is 13.2 Å². The van der Waals surface area contributed by atoms with Gasteiger partial charge in [-0.3, -0.25) is 0 Å². The topological polar surface area (TPSA) is 34.2 Å². The third-order valence-corrected chi connectivity index (χ3v) is 2.42. The minimum atomic E-state index is -4.34. The first-order chi connectivity index (χ1) is 8.94. The van der Waals surface area contributed by atoms with Crippen molar-refractivity contribution in [3.8, 4) is 5.88 Å². The van der Waals surface area contributed by atoms with Crippen LogP contribution in [-0.4, -0.2) is 24.3 Å². The van der Waals surface area contributed by atoms with Crippen molar-refractivity contribution in [1.82, 2.24) is 10.3 Å². The minimum Gasteiger partial charge on any atom is -0.468 e. The van der Waals surface area contributed by atoms with Crippen LogP contribution in [0, 0.1) is 0 Å².